The van der Waals surface area contributed by atoms with Crippen LogP contribution < -0.4 is 5.73 Å². The lowest BCUT2D eigenvalue weighted by atomic mass is 9.76. The predicted molar refractivity (Wildman–Crippen MR) is 72.5 cm³/mol. The Hall–Kier alpha value is -0.160. The highest BCUT2D eigenvalue weighted by Crippen LogP contribution is 2.41. The molecule has 5 atom stereocenters. The van der Waals surface area contributed by atoms with Crippen LogP contribution in [0.4, 0.5) is 0 Å². The molecule has 0 spiro atoms. The molecule has 3 aliphatic heterocycles. The van der Waals surface area contributed by atoms with Gasteiger partial charge in [0.05, 0.1) is 12.7 Å². The first-order valence-corrected chi connectivity index (χ1v) is 7.46. The Bertz CT molecular complexity index is 311. The number of nitrogens with zero attached hydrogens (tertiary/aromatic N) is 2. The van der Waals surface area contributed by atoms with Crippen molar-refractivity contribution in [2.75, 3.05) is 39.3 Å². The van der Waals surface area contributed by atoms with Crippen molar-refractivity contribution in [3.8, 4) is 0 Å². The average Bonchev–Trinajstić information content (AvgIpc) is 2.78. The largest absolute Gasteiger partial charge is 0.376 e. The zero-order valence-electron chi connectivity index (χ0n) is 11.8. The van der Waals surface area contributed by atoms with Crippen molar-refractivity contribution in [3.05, 3.63) is 0 Å². The minimum absolute atomic E-state index is 0.241. The van der Waals surface area contributed by atoms with Crippen LogP contribution in [0.3, 0.4) is 0 Å². The molecule has 3 aliphatic rings. The Balaban J connectivity index is 1.85. The van der Waals surface area contributed by atoms with Crippen LogP contribution >= 0.6 is 0 Å². The minimum Gasteiger partial charge on any atom is -0.376 e. The molecule has 4 heteroatoms. The first kappa shape index (κ1) is 12.9. The summed E-state index contributed by atoms with van der Waals surface area (Å²) in [5, 5.41) is 0. The molecule has 0 amide bonds. The maximum atomic E-state index is 6.26. The van der Waals surface area contributed by atoms with Gasteiger partial charge in [0.25, 0.3) is 0 Å². The molecule has 18 heavy (non-hydrogen) atoms. The van der Waals surface area contributed by atoms with Crippen molar-refractivity contribution in [1.82, 2.24) is 9.80 Å². The molecule has 4 nitrogen and oxygen atoms in total. The summed E-state index contributed by atoms with van der Waals surface area (Å²) >= 11 is 0. The van der Waals surface area contributed by atoms with Crippen LogP contribution in [0, 0.1) is 5.92 Å². The number of ether oxygens (including phenoxy) is 1. The molecule has 104 valence electrons. The van der Waals surface area contributed by atoms with Crippen LogP contribution in [-0.2, 0) is 4.74 Å². The summed E-state index contributed by atoms with van der Waals surface area (Å²) in [6.45, 7) is 11.0. The number of nitrogens with two attached hydrogens (primary N) is 1. The van der Waals surface area contributed by atoms with Gasteiger partial charge in [0.15, 0.2) is 0 Å². The van der Waals surface area contributed by atoms with Crippen molar-refractivity contribution in [3.63, 3.8) is 0 Å². The van der Waals surface area contributed by atoms with Gasteiger partial charge in [0, 0.05) is 31.2 Å². The standard InChI is InChI=1S/C14H27N3O/c1-11-9-18-12(2)7-17(11)14(10-15)4-6-16-5-3-13(14)8-16/h11-13H,3-10,15H2,1-2H3. The maximum Gasteiger partial charge on any atom is 0.0675 e. The first-order valence-electron chi connectivity index (χ1n) is 7.46. The highest BCUT2D eigenvalue weighted by atomic mass is 16.5. The zero-order valence-corrected chi connectivity index (χ0v) is 11.8. The maximum absolute atomic E-state index is 6.26. The highest BCUT2D eigenvalue weighted by molar-refractivity contribution is 5.07. The van der Waals surface area contributed by atoms with E-state index in [4.69, 9.17) is 10.5 Å². The van der Waals surface area contributed by atoms with Crippen molar-refractivity contribution in [1.29, 1.82) is 0 Å². The molecule has 3 saturated heterocycles. The van der Waals surface area contributed by atoms with Crippen LogP contribution in [-0.4, -0.2) is 66.8 Å². The van der Waals surface area contributed by atoms with E-state index in [1.165, 1.54) is 32.5 Å². The van der Waals surface area contributed by atoms with Crippen LogP contribution in [0.1, 0.15) is 26.7 Å². The third-order valence-corrected chi connectivity index (χ3v) is 5.43. The van der Waals surface area contributed by atoms with E-state index in [0.717, 1.165) is 25.6 Å². The van der Waals surface area contributed by atoms with Crippen molar-refractivity contribution in [2.24, 2.45) is 11.7 Å². The van der Waals surface area contributed by atoms with Gasteiger partial charge < -0.3 is 15.4 Å². The van der Waals surface area contributed by atoms with Crippen molar-refractivity contribution in [2.45, 2.75) is 44.4 Å². The van der Waals surface area contributed by atoms with Gasteiger partial charge in [-0.2, -0.15) is 0 Å². The van der Waals surface area contributed by atoms with Crippen LogP contribution in [0.25, 0.3) is 0 Å². The number of hydrogen-bond acceptors (Lipinski definition) is 4. The van der Waals surface area contributed by atoms with Gasteiger partial charge in [0.1, 0.15) is 0 Å². The molecular weight excluding hydrogens is 226 g/mol. The first-order chi connectivity index (χ1) is 8.65. The lowest BCUT2D eigenvalue weighted by Crippen LogP contribution is -2.67. The summed E-state index contributed by atoms with van der Waals surface area (Å²) in [5.41, 5.74) is 6.50. The zero-order chi connectivity index (χ0) is 12.8. The molecule has 3 rings (SSSR count). The van der Waals surface area contributed by atoms with Gasteiger partial charge in [-0.15, -0.1) is 0 Å². The SMILES string of the molecule is CC1CN(C2(CN)CCN3CCC2C3)C(C)CO1. The third-order valence-electron chi connectivity index (χ3n) is 5.43. The Kier molecular flexibility index (Phi) is 3.39. The summed E-state index contributed by atoms with van der Waals surface area (Å²) < 4.78 is 5.79. The lowest BCUT2D eigenvalue weighted by molar-refractivity contribution is -0.116. The van der Waals surface area contributed by atoms with E-state index < -0.39 is 0 Å². The van der Waals surface area contributed by atoms with Crippen LogP contribution in [0.2, 0.25) is 0 Å². The third kappa shape index (κ3) is 1.90. The normalized spacial score (nSPS) is 49.5. The molecule has 0 aromatic rings. The molecule has 0 aliphatic carbocycles. The minimum atomic E-state index is 0.241. The van der Waals surface area contributed by atoms with E-state index in [0.29, 0.717) is 12.1 Å². The van der Waals surface area contributed by atoms with Gasteiger partial charge in [-0.3, -0.25) is 4.90 Å². The Morgan fingerprint density at radius 2 is 2.11 bits per heavy atom. The van der Waals surface area contributed by atoms with Gasteiger partial charge in [0.2, 0.25) is 0 Å². The smallest absolute Gasteiger partial charge is 0.0675 e. The number of hydrogen-bond donors (Lipinski definition) is 1. The Morgan fingerprint density at radius 1 is 1.28 bits per heavy atom. The molecular formula is C14H27N3O. The van der Waals surface area contributed by atoms with E-state index in [1.807, 2.05) is 0 Å². The molecule has 5 unspecified atom stereocenters. The molecule has 2 N–H and O–H groups in total. The summed E-state index contributed by atoms with van der Waals surface area (Å²) in [6.07, 6.45) is 2.92. The fourth-order valence-corrected chi connectivity index (χ4v) is 4.32. The number of piperidine rings is 1. The summed E-state index contributed by atoms with van der Waals surface area (Å²) in [4.78, 5) is 5.29. The van der Waals surface area contributed by atoms with E-state index in [-0.39, 0.29) is 5.54 Å². The molecule has 0 aromatic carbocycles. The molecule has 0 radical (unpaired) electrons. The van der Waals surface area contributed by atoms with Crippen LogP contribution in [0.15, 0.2) is 0 Å². The Morgan fingerprint density at radius 3 is 2.89 bits per heavy atom. The van der Waals surface area contributed by atoms with Crippen molar-refractivity contribution < 1.29 is 4.74 Å². The van der Waals surface area contributed by atoms with Crippen LogP contribution in [0.5, 0.6) is 0 Å². The Labute approximate surface area is 110 Å². The second kappa shape index (κ2) is 4.75. The van der Waals surface area contributed by atoms with E-state index in [9.17, 15) is 0 Å². The van der Waals surface area contributed by atoms with Gasteiger partial charge in [-0.05, 0) is 45.7 Å². The summed E-state index contributed by atoms with van der Waals surface area (Å²) in [7, 11) is 0. The monoisotopic (exact) mass is 253 g/mol. The fourth-order valence-electron chi connectivity index (χ4n) is 4.32. The second-order valence-electron chi connectivity index (χ2n) is 6.49. The van der Waals surface area contributed by atoms with Gasteiger partial charge >= 0.3 is 0 Å². The summed E-state index contributed by atoms with van der Waals surface area (Å²) in [6, 6.07) is 0.511. The van der Waals surface area contributed by atoms with Gasteiger partial charge in [-0.1, -0.05) is 0 Å². The van der Waals surface area contributed by atoms with Gasteiger partial charge in [-0.25, -0.2) is 0 Å². The molecule has 3 fully saturated rings. The average molecular weight is 253 g/mol. The molecule has 0 aromatic heterocycles. The molecule has 0 saturated carbocycles. The number of fused-ring (bicyclic) bond motifs is 2. The van der Waals surface area contributed by atoms with E-state index in [2.05, 4.69) is 23.6 Å². The topological polar surface area (TPSA) is 41.7 Å². The fraction of sp³-hybridized carbons (Fsp3) is 1.00. The van der Waals surface area contributed by atoms with Crippen molar-refractivity contribution >= 4 is 0 Å². The predicted octanol–water partition coefficient (Wildman–Crippen LogP) is 0.519. The van der Waals surface area contributed by atoms with E-state index >= 15 is 0 Å². The quantitative estimate of drug-likeness (QED) is 0.779. The lowest BCUT2D eigenvalue weighted by Gasteiger charge is -2.54. The molecule has 3 heterocycles. The highest BCUT2D eigenvalue weighted by Gasteiger charge is 2.51. The number of rotatable bonds is 2. The summed E-state index contributed by atoms with van der Waals surface area (Å²) in [5.74, 6) is 0.768. The number of morpholine rings is 1. The van der Waals surface area contributed by atoms with E-state index in [1.54, 1.807) is 0 Å². The second-order valence-corrected chi connectivity index (χ2v) is 6.49. The molecule has 2 bridgehead atoms.